The monoisotopic (exact) mass is 242 g/mol. The Balaban J connectivity index is 2.48. The minimum absolute atomic E-state index is 0.0564. The number of aromatic hydroxyl groups is 1. The first-order valence-corrected chi connectivity index (χ1v) is 6.15. The standard InChI is InChI=1S/C10H10O5S/c11-7-1-3-8(4-2-7)16(14,15)10(5-6-10)9(12)13/h1-4,11H,5-6H2,(H,12,13). The zero-order valence-electron chi connectivity index (χ0n) is 8.25. The molecule has 1 aliphatic rings. The quantitative estimate of drug-likeness (QED) is 0.817. The number of carboxylic acids is 1. The summed E-state index contributed by atoms with van der Waals surface area (Å²) in [5.74, 6) is -1.36. The van der Waals surface area contributed by atoms with Crippen molar-refractivity contribution in [2.75, 3.05) is 0 Å². The Labute approximate surface area is 92.3 Å². The van der Waals surface area contributed by atoms with Gasteiger partial charge in [-0.25, -0.2) is 8.42 Å². The van der Waals surface area contributed by atoms with Crippen molar-refractivity contribution in [3.8, 4) is 5.75 Å². The van der Waals surface area contributed by atoms with Gasteiger partial charge in [-0.1, -0.05) is 0 Å². The Bertz CT molecular complexity index is 525. The first-order valence-electron chi connectivity index (χ1n) is 4.67. The summed E-state index contributed by atoms with van der Waals surface area (Å²) in [4.78, 5) is 10.9. The van der Waals surface area contributed by atoms with Gasteiger partial charge in [0, 0.05) is 0 Å². The highest BCUT2D eigenvalue weighted by molar-refractivity contribution is 7.94. The molecule has 6 heteroatoms. The largest absolute Gasteiger partial charge is 0.508 e. The smallest absolute Gasteiger partial charge is 0.325 e. The number of aliphatic carboxylic acids is 1. The van der Waals surface area contributed by atoms with Gasteiger partial charge < -0.3 is 10.2 Å². The van der Waals surface area contributed by atoms with Crippen LogP contribution in [0.25, 0.3) is 0 Å². The van der Waals surface area contributed by atoms with Crippen molar-refractivity contribution in [1.82, 2.24) is 0 Å². The molecule has 0 heterocycles. The number of hydrogen-bond acceptors (Lipinski definition) is 4. The molecule has 0 saturated heterocycles. The molecule has 1 fully saturated rings. The van der Waals surface area contributed by atoms with Crippen LogP contribution in [0.2, 0.25) is 0 Å². The second-order valence-electron chi connectivity index (χ2n) is 3.80. The number of sulfone groups is 1. The number of carbonyl (C=O) groups is 1. The minimum atomic E-state index is -3.85. The van der Waals surface area contributed by atoms with Gasteiger partial charge in [-0.2, -0.15) is 0 Å². The van der Waals surface area contributed by atoms with Crippen LogP contribution in [0.5, 0.6) is 5.75 Å². The average Bonchev–Trinajstić information content (AvgIpc) is 2.98. The summed E-state index contributed by atoms with van der Waals surface area (Å²) in [5.41, 5.74) is 0. The lowest BCUT2D eigenvalue weighted by Gasteiger charge is -2.11. The van der Waals surface area contributed by atoms with Crippen LogP contribution in [0.15, 0.2) is 29.2 Å². The number of phenols is 1. The Morgan fingerprint density at radius 1 is 1.19 bits per heavy atom. The molecule has 0 bridgehead atoms. The zero-order valence-corrected chi connectivity index (χ0v) is 9.07. The lowest BCUT2D eigenvalue weighted by Crippen LogP contribution is -2.32. The molecule has 1 aromatic carbocycles. The van der Waals surface area contributed by atoms with Crippen molar-refractivity contribution in [2.45, 2.75) is 22.5 Å². The molecule has 0 spiro atoms. The van der Waals surface area contributed by atoms with Gasteiger partial charge in [0.1, 0.15) is 5.75 Å². The van der Waals surface area contributed by atoms with Crippen molar-refractivity contribution in [2.24, 2.45) is 0 Å². The average molecular weight is 242 g/mol. The van der Waals surface area contributed by atoms with E-state index in [2.05, 4.69) is 0 Å². The van der Waals surface area contributed by atoms with Crippen molar-refractivity contribution >= 4 is 15.8 Å². The normalized spacial score (nSPS) is 18.0. The van der Waals surface area contributed by atoms with Crippen LogP contribution in [0.3, 0.4) is 0 Å². The summed E-state index contributed by atoms with van der Waals surface area (Å²) < 4.78 is 22.4. The van der Waals surface area contributed by atoms with Gasteiger partial charge in [0.05, 0.1) is 4.90 Å². The van der Waals surface area contributed by atoms with Gasteiger partial charge >= 0.3 is 5.97 Å². The Kier molecular flexibility index (Phi) is 2.20. The fraction of sp³-hybridized carbons (Fsp3) is 0.300. The van der Waals surface area contributed by atoms with E-state index in [1.54, 1.807) is 0 Å². The molecule has 0 unspecified atom stereocenters. The molecule has 0 amide bonds. The molecular formula is C10H10O5S. The van der Waals surface area contributed by atoms with E-state index in [1.165, 1.54) is 24.3 Å². The van der Waals surface area contributed by atoms with E-state index in [1.807, 2.05) is 0 Å². The van der Waals surface area contributed by atoms with Crippen molar-refractivity contribution in [1.29, 1.82) is 0 Å². The van der Waals surface area contributed by atoms with Gasteiger partial charge in [-0.15, -0.1) is 0 Å². The summed E-state index contributed by atoms with van der Waals surface area (Å²) >= 11 is 0. The van der Waals surface area contributed by atoms with Crippen LogP contribution in [-0.2, 0) is 14.6 Å². The number of benzene rings is 1. The van der Waals surface area contributed by atoms with Crippen LogP contribution in [0.4, 0.5) is 0 Å². The lowest BCUT2D eigenvalue weighted by molar-refractivity contribution is -0.137. The number of carboxylic acid groups (broad SMARTS) is 1. The third kappa shape index (κ3) is 1.37. The van der Waals surface area contributed by atoms with Crippen molar-refractivity contribution in [3.05, 3.63) is 24.3 Å². The second kappa shape index (κ2) is 3.21. The number of hydrogen-bond donors (Lipinski definition) is 2. The highest BCUT2D eigenvalue weighted by atomic mass is 32.2. The topological polar surface area (TPSA) is 91.7 Å². The maximum absolute atomic E-state index is 12.0. The van der Waals surface area contributed by atoms with Crippen LogP contribution in [0, 0.1) is 0 Å². The Morgan fingerprint density at radius 3 is 2.06 bits per heavy atom. The van der Waals surface area contributed by atoms with E-state index in [0.717, 1.165) is 0 Å². The van der Waals surface area contributed by atoms with Gasteiger partial charge in [0.2, 0.25) is 0 Å². The molecule has 1 aliphatic carbocycles. The van der Waals surface area contributed by atoms with Crippen molar-refractivity contribution in [3.63, 3.8) is 0 Å². The Hall–Kier alpha value is -1.56. The predicted molar refractivity (Wildman–Crippen MR) is 54.9 cm³/mol. The SMILES string of the molecule is O=C(O)C1(S(=O)(=O)c2ccc(O)cc2)CC1. The number of phenolic OH excluding ortho intramolecular Hbond substituents is 1. The third-order valence-electron chi connectivity index (χ3n) is 2.76. The third-order valence-corrected chi connectivity index (χ3v) is 5.26. The highest BCUT2D eigenvalue weighted by Crippen LogP contribution is 2.47. The lowest BCUT2D eigenvalue weighted by atomic mass is 10.3. The maximum Gasteiger partial charge on any atom is 0.325 e. The van der Waals surface area contributed by atoms with Crippen molar-refractivity contribution < 1.29 is 23.4 Å². The molecule has 0 aromatic heterocycles. The Morgan fingerprint density at radius 2 is 1.69 bits per heavy atom. The van der Waals surface area contributed by atoms with Gasteiger partial charge in [0.25, 0.3) is 0 Å². The molecule has 1 saturated carbocycles. The number of rotatable bonds is 3. The molecular weight excluding hydrogens is 232 g/mol. The summed E-state index contributed by atoms with van der Waals surface area (Å²) in [6.45, 7) is 0. The molecule has 1 aromatic rings. The minimum Gasteiger partial charge on any atom is -0.508 e. The molecule has 0 radical (unpaired) electrons. The summed E-state index contributed by atoms with van der Waals surface area (Å²) in [6.07, 6.45) is 0.289. The molecule has 0 atom stereocenters. The fourth-order valence-corrected chi connectivity index (χ4v) is 3.38. The predicted octanol–water partition coefficient (Wildman–Crippen LogP) is 0.783. The van der Waals surface area contributed by atoms with Crippen LogP contribution in [0.1, 0.15) is 12.8 Å². The first-order chi connectivity index (χ1) is 7.40. The summed E-state index contributed by atoms with van der Waals surface area (Å²) in [6, 6.07) is 4.89. The molecule has 86 valence electrons. The van der Waals surface area contributed by atoms with E-state index in [4.69, 9.17) is 10.2 Å². The van der Waals surface area contributed by atoms with E-state index in [9.17, 15) is 13.2 Å². The van der Waals surface area contributed by atoms with Crippen LogP contribution in [-0.4, -0.2) is 29.3 Å². The van der Waals surface area contributed by atoms with E-state index in [0.29, 0.717) is 0 Å². The van der Waals surface area contributed by atoms with Crippen LogP contribution >= 0.6 is 0 Å². The molecule has 16 heavy (non-hydrogen) atoms. The van der Waals surface area contributed by atoms with E-state index < -0.39 is 20.6 Å². The van der Waals surface area contributed by atoms with E-state index >= 15 is 0 Å². The highest BCUT2D eigenvalue weighted by Gasteiger charge is 2.61. The summed E-state index contributed by atoms with van der Waals surface area (Å²) in [5, 5.41) is 18.0. The van der Waals surface area contributed by atoms with Gasteiger partial charge in [-0.3, -0.25) is 4.79 Å². The fourth-order valence-electron chi connectivity index (χ4n) is 1.56. The zero-order chi connectivity index (χ0) is 12.0. The van der Waals surface area contributed by atoms with Gasteiger partial charge in [-0.05, 0) is 37.1 Å². The second-order valence-corrected chi connectivity index (χ2v) is 6.06. The van der Waals surface area contributed by atoms with Gasteiger partial charge in [0.15, 0.2) is 14.6 Å². The first kappa shape index (κ1) is 10.9. The van der Waals surface area contributed by atoms with E-state index in [-0.39, 0.29) is 23.5 Å². The maximum atomic E-state index is 12.0. The van der Waals surface area contributed by atoms with Crippen LogP contribution < -0.4 is 0 Å². The molecule has 5 nitrogen and oxygen atoms in total. The molecule has 2 rings (SSSR count). The summed E-state index contributed by atoms with van der Waals surface area (Å²) in [7, 11) is -3.85. The molecule has 2 N–H and O–H groups in total. The molecule has 0 aliphatic heterocycles.